The van der Waals surface area contributed by atoms with Crippen LogP contribution < -0.4 is 0 Å². The summed E-state index contributed by atoms with van der Waals surface area (Å²) in [5.41, 5.74) is 1.76. The van der Waals surface area contributed by atoms with Gasteiger partial charge < -0.3 is 0 Å². The molecule has 36 heavy (non-hydrogen) atoms. The van der Waals surface area contributed by atoms with E-state index in [9.17, 15) is 9.59 Å². The maximum absolute atomic E-state index is 13.2. The van der Waals surface area contributed by atoms with Gasteiger partial charge in [0.2, 0.25) is 0 Å². The Morgan fingerprint density at radius 2 is 1.72 bits per heavy atom. The zero-order valence-electron chi connectivity index (χ0n) is 23.8. The van der Waals surface area contributed by atoms with Crippen molar-refractivity contribution in [3.8, 4) is 0 Å². The first-order valence-electron chi connectivity index (χ1n) is 14.3. The fraction of sp³-hybridized carbons (Fsp3) is 0.656. The number of rotatable bonds is 2. The number of nitrogens with zero attached hydrogens (tertiary/aromatic N) is 1. The summed E-state index contributed by atoms with van der Waals surface area (Å²) < 4.78 is 0. The predicted octanol–water partition coefficient (Wildman–Crippen LogP) is 9.09. The molecule has 4 aliphatic carbocycles. The normalized spacial score (nSPS) is 33.9. The molecule has 1 heterocycles. The average Bonchev–Trinajstić information content (AvgIpc) is 3.25. The number of hydrogen-bond donors (Lipinski definition) is 0. The Balaban J connectivity index is 0.000000596. The molecule has 1 aromatic rings. The van der Waals surface area contributed by atoms with E-state index in [0.717, 1.165) is 30.7 Å². The third-order valence-electron chi connectivity index (χ3n) is 9.09. The number of allylic oxidation sites excluding steroid dienone is 2. The molecule has 0 radical (unpaired) electrons. The van der Waals surface area contributed by atoms with Gasteiger partial charge in [-0.1, -0.05) is 59.3 Å². The first kappa shape index (κ1) is 30.5. The summed E-state index contributed by atoms with van der Waals surface area (Å²) in [6.07, 6.45) is 14.1. The largest absolute Gasteiger partial charge is 0.295 e. The lowest BCUT2D eigenvalue weighted by atomic mass is 9.47. The zero-order chi connectivity index (χ0) is 26.9. The quantitative estimate of drug-likeness (QED) is 0.293. The molecule has 4 aliphatic rings. The molecule has 6 unspecified atom stereocenters. The highest BCUT2D eigenvalue weighted by atomic mass is 32.2. The van der Waals surface area contributed by atoms with Crippen LogP contribution in [0.2, 0.25) is 0 Å². The van der Waals surface area contributed by atoms with E-state index >= 15 is 0 Å². The number of carbonyl (C=O) groups is 2. The summed E-state index contributed by atoms with van der Waals surface area (Å²) in [6.45, 7) is 18.1. The minimum Gasteiger partial charge on any atom is -0.295 e. The molecular weight excluding hydrogens is 462 g/mol. The highest BCUT2D eigenvalue weighted by molar-refractivity contribution is 8.13. The number of aromatic nitrogens is 1. The van der Waals surface area contributed by atoms with E-state index in [-0.39, 0.29) is 16.7 Å². The van der Waals surface area contributed by atoms with Crippen molar-refractivity contribution < 1.29 is 9.59 Å². The first-order chi connectivity index (χ1) is 17.3. The molecule has 0 bridgehead atoms. The molecule has 1 aromatic heterocycles. The zero-order valence-corrected chi connectivity index (χ0v) is 24.6. The van der Waals surface area contributed by atoms with Crippen LogP contribution in [0.4, 0.5) is 0 Å². The topological polar surface area (TPSA) is 47.0 Å². The first-order valence-corrected chi connectivity index (χ1v) is 15.1. The molecule has 6 atom stereocenters. The van der Waals surface area contributed by atoms with Crippen LogP contribution in [-0.4, -0.2) is 15.9 Å². The van der Waals surface area contributed by atoms with E-state index in [1.807, 2.05) is 58.9 Å². The van der Waals surface area contributed by atoms with E-state index in [1.165, 1.54) is 36.6 Å². The SMILES string of the molecule is C=CC.CC.CC.CC12CCC(=O)C=C1CCC1C2CCC2(C)C(C(=O)Sc3ccccn3)CCC12. The molecule has 3 saturated carbocycles. The van der Waals surface area contributed by atoms with E-state index in [4.69, 9.17) is 0 Å². The molecule has 0 saturated heterocycles. The highest BCUT2D eigenvalue weighted by Gasteiger charge is 2.60. The van der Waals surface area contributed by atoms with Crippen molar-refractivity contribution in [2.75, 3.05) is 0 Å². The van der Waals surface area contributed by atoms with Crippen molar-refractivity contribution in [1.82, 2.24) is 4.98 Å². The van der Waals surface area contributed by atoms with Crippen molar-refractivity contribution in [2.24, 2.45) is 34.5 Å². The molecule has 4 heteroatoms. The Hall–Kier alpha value is -1.68. The van der Waals surface area contributed by atoms with Crippen molar-refractivity contribution >= 4 is 22.7 Å². The number of carbonyl (C=O) groups excluding carboxylic acids is 2. The average molecular weight is 512 g/mol. The number of hydrogen-bond acceptors (Lipinski definition) is 4. The third kappa shape index (κ3) is 6.06. The number of ketones is 1. The van der Waals surface area contributed by atoms with Gasteiger partial charge in [0.1, 0.15) is 5.03 Å². The molecule has 0 spiro atoms. The summed E-state index contributed by atoms with van der Waals surface area (Å²) in [6, 6.07) is 5.79. The van der Waals surface area contributed by atoms with Crippen LogP contribution >= 0.6 is 11.8 Å². The van der Waals surface area contributed by atoms with E-state index in [1.54, 1.807) is 12.3 Å². The molecule has 3 nitrogen and oxygen atoms in total. The predicted molar refractivity (Wildman–Crippen MR) is 154 cm³/mol. The molecular formula is C32H49NO2S. The molecule has 0 aromatic carbocycles. The summed E-state index contributed by atoms with van der Waals surface area (Å²) in [4.78, 5) is 29.6. The van der Waals surface area contributed by atoms with Gasteiger partial charge in [0.05, 0.1) is 0 Å². The van der Waals surface area contributed by atoms with E-state index < -0.39 is 0 Å². The maximum Gasteiger partial charge on any atom is 0.198 e. The van der Waals surface area contributed by atoms with Gasteiger partial charge in [-0.25, -0.2) is 4.98 Å². The minimum absolute atomic E-state index is 0.127. The standard InChI is InChI=1S/C25H31NO2S.C3H6.2C2H6/c1-24-12-10-17(27)15-16(24)6-7-18-19-8-9-21(25(19,2)13-11-20(18)24)23(28)29-22-5-3-4-14-26-22;1-3-2;2*1-2/h3-5,14-15,18-21H,6-13H2,1-2H3;3H,1H2,2H3;2*1-2H3. The van der Waals surface area contributed by atoms with Gasteiger partial charge in [-0.2, -0.15) is 0 Å². The monoisotopic (exact) mass is 511 g/mol. The van der Waals surface area contributed by atoms with Crippen LogP contribution in [0, 0.1) is 34.5 Å². The van der Waals surface area contributed by atoms with Gasteiger partial charge in [-0.15, -0.1) is 6.58 Å². The third-order valence-corrected chi connectivity index (χ3v) is 10.0. The smallest absolute Gasteiger partial charge is 0.198 e. The molecule has 5 rings (SSSR count). The summed E-state index contributed by atoms with van der Waals surface area (Å²) in [5, 5.41) is 1.14. The summed E-state index contributed by atoms with van der Waals surface area (Å²) in [7, 11) is 0. The number of fused-ring (bicyclic) bond motifs is 5. The van der Waals surface area contributed by atoms with E-state index in [2.05, 4.69) is 25.4 Å². The second-order valence-corrected chi connectivity index (χ2v) is 11.7. The van der Waals surface area contributed by atoms with Crippen molar-refractivity contribution in [1.29, 1.82) is 0 Å². The summed E-state index contributed by atoms with van der Waals surface area (Å²) >= 11 is 1.35. The lowest BCUT2D eigenvalue weighted by Gasteiger charge is -2.58. The number of pyridine rings is 1. The molecule has 200 valence electrons. The fourth-order valence-electron chi connectivity index (χ4n) is 7.53. The van der Waals surface area contributed by atoms with Gasteiger partial charge in [-0.05, 0) is 110 Å². The van der Waals surface area contributed by atoms with Gasteiger partial charge >= 0.3 is 0 Å². The highest BCUT2D eigenvalue weighted by Crippen LogP contribution is 2.67. The molecule has 3 fully saturated rings. The number of thioether (sulfide) groups is 1. The van der Waals surface area contributed by atoms with Gasteiger partial charge in [-0.3, -0.25) is 9.59 Å². The van der Waals surface area contributed by atoms with Crippen LogP contribution in [-0.2, 0) is 9.59 Å². The van der Waals surface area contributed by atoms with Gasteiger partial charge in [0, 0.05) is 18.5 Å². The second kappa shape index (κ2) is 13.7. The molecule has 0 N–H and O–H groups in total. The lowest BCUT2D eigenvalue weighted by molar-refractivity contribution is -0.123. The van der Waals surface area contributed by atoms with Crippen LogP contribution in [0.25, 0.3) is 0 Å². The second-order valence-electron chi connectivity index (χ2n) is 10.6. The van der Waals surface area contributed by atoms with Crippen LogP contribution in [0.5, 0.6) is 0 Å². The van der Waals surface area contributed by atoms with Crippen LogP contribution in [0.15, 0.2) is 53.7 Å². The molecule has 0 aliphatic heterocycles. The summed E-state index contributed by atoms with van der Waals surface area (Å²) in [5.74, 6) is 2.52. The Bertz CT molecular complexity index is 910. The minimum atomic E-state index is 0.127. The van der Waals surface area contributed by atoms with Crippen LogP contribution in [0.1, 0.15) is 99.8 Å². The fourth-order valence-corrected chi connectivity index (χ4v) is 8.52. The Kier molecular flexibility index (Phi) is 11.7. The Morgan fingerprint density at radius 1 is 1.03 bits per heavy atom. The Morgan fingerprint density at radius 3 is 2.36 bits per heavy atom. The Labute approximate surface area is 225 Å². The van der Waals surface area contributed by atoms with Crippen molar-refractivity contribution in [2.45, 2.75) is 105 Å². The lowest BCUT2D eigenvalue weighted by Crippen LogP contribution is -2.51. The van der Waals surface area contributed by atoms with Crippen molar-refractivity contribution in [3.63, 3.8) is 0 Å². The van der Waals surface area contributed by atoms with E-state index in [0.29, 0.717) is 35.1 Å². The van der Waals surface area contributed by atoms with Gasteiger partial charge in [0.15, 0.2) is 10.9 Å². The van der Waals surface area contributed by atoms with Gasteiger partial charge in [0.25, 0.3) is 0 Å². The van der Waals surface area contributed by atoms with Crippen LogP contribution in [0.3, 0.4) is 0 Å². The van der Waals surface area contributed by atoms with Crippen molar-refractivity contribution in [3.05, 3.63) is 48.7 Å². The molecule has 0 amide bonds. The maximum atomic E-state index is 13.2.